The summed E-state index contributed by atoms with van der Waals surface area (Å²) in [5.74, 6) is 0. The average molecular weight is 312 g/mol. The van der Waals surface area contributed by atoms with Crippen molar-refractivity contribution in [3.05, 3.63) is 30.4 Å². The topological polar surface area (TPSA) is 108 Å². The number of hydrogen-bond donors (Lipinski definition) is 2. The molecule has 2 aromatic rings. The van der Waals surface area contributed by atoms with Crippen LogP contribution in [0.3, 0.4) is 0 Å². The second-order valence-corrected chi connectivity index (χ2v) is 6.44. The van der Waals surface area contributed by atoms with Crippen molar-refractivity contribution in [3.8, 4) is 0 Å². The second-order valence-electron chi connectivity index (χ2n) is 4.68. The molecule has 2 aromatic heterocycles. The van der Waals surface area contributed by atoms with Crippen LogP contribution in [-0.2, 0) is 30.0 Å². The van der Waals surface area contributed by atoms with E-state index >= 15 is 0 Å². The number of nitrogens with zero attached hydrogens (tertiary/aromatic N) is 4. The zero-order chi connectivity index (χ0) is 15.3. The molecule has 21 heavy (non-hydrogen) atoms. The third-order valence-corrected chi connectivity index (χ3v) is 4.52. The highest BCUT2D eigenvalue weighted by Gasteiger charge is 2.16. The van der Waals surface area contributed by atoms with Gasteiger partial charge in [-0.15, -0.1) is 0 Å². The molecule has 0 bridgehead atoms. The maximum absolute atomic E-state index is 12.1. The molecular weight excluding hydrogens is 292 g/mol. The Balaban J connectivity index is 1.92. The van der Waals surface area contributed by atoms with Gasteiger partial charge in [0.2, 0.25) is 10.0 Å². The number of hydrogen-bond acceptors (Lipinski definition) is 5. The first kappa shape index (κ1) is 15.7. The van der Waals surface area contributed by atoms with Crippen molar-refractivity contribution < 1.29 is 8.42 Å². The van der Waals surface area contributed by atoms with E-state index in [1.54, 1.807) is 15.6 Å². The predicted molar refractivity (Wildman–Crippen MR) is 78.0 cm³/mol. The second kappa shape index (κ2) is 6.83. The van der Waals surface area contributed by atoms with Gasteiger partial charge in [-0.25, -0.2) is 13.1 Å². The van der Waals surface area contributed by atoms with Crippen molar-refractivity contribution in [2.45, 2.75) is 24.3 Å². The van der Waals surface area contributed by atoms with Gasteiger partial charge in [0.25, 0.3) is 0 Å². The quantitative estimate of drug-likeness (QED) is 0.682. The fraction of sp³-hybridized carbons (Fsp3) is 0.500. The van der Waals surface area contributed by atoms with Gasteiger partial charge in [0.15, 0.2) is 0 Å². The first-order valence-electron chi connectivity index (χ1n) is 6.72. The van der Waals surface area contributed by atoms with Crippen LogP contribution in [0.5, 0.6) is 0 Å². The summed E-state index contributed by atoms with van der Waals surface area (Å²) in [5, 5.41) is 8.06. The van der Waals surface area contributed by atoms with Crippen LogP contribution in [0.25, 0.3) is 0 Å². The van der Waals surface area contributed by atoms with Crippen molar-refractivity contribution in [3.63, 3.8) is 0 Å². The molecule has 0 fully saturated rings. The van der Waals surface area contributed by atoms with Gasteiger partial charge >= 0.3 is 0 Å². The Hall–Kier alpha value is -1.71. The van der Waals surface area contributed by atoms with Crippen LogP contribution in [0, 0.1) is 0 Å². The van der Waals surface area contributed by atoms with Gasteiger partial charge in [-0.1, -0.05) is 0 Å². The van der Waals surface area contributed by atoms with Crippen LogP contribution in [0.1, 0.15) is 12.1 Å². The van der Waals surface area contributed by atoms with E-state index in [0.717, 1.165) is 12.1 Å². The van der Waals surface area contributed by atoms with E-state index in [-0.39, 0.29) is 4.90 Å². The molecule has 0 spiro atoms. The molecule has 9 heteroatoms. The van der Waals surface area contributed by atoms with Gasteiger partial charge in [0.05, 0.1) is 6.20 Å². The number of sulfonamides is 1. The molecule has 0 aliphatic heterocycles. The predicted octanol–water partition coefficient (Wildman–Crippen LogP) is -0.514. The van der Waals surface area contributed by atoms with Crippen molar-refractivity contribution in [1.82, 2.24) is 24.3 Å². The zero-order valence-electron chi connectivity index (χ0n) is 11.9. The third kappa shape index (κ3) is 4.13. The first-order chi connectivity index (χ1) is 10.0. The molecule has 0 unspecified atom stereocenters. The molecule has 116 valence electrons. The Bertz CT molecular complexity index is 675. The number of nitrogens with one attached hydrogen (secondary N) is 1. The summed E-state index contributed by atoms with van der Waals surface area (Å²) >= 11 is 0. The van der Waals surface area contributed by atoms with Gasteiger partial charge in [-0.2, -0.15) is 10.2 Å². The minimum Gasteiger partial charge on any atom is -0.330 e. The molecule has 0 aliphatic carbocycles. The molecule has 0 aliphatic rings. The van der Waals surface area contributed by atoms with Crippen molar-refractivity contribution in [2.75, 3.05) is 13.1 Å². The zero-order valence-corrected chi connectivity index (χ0v) is 12.8. The Morgan fingerprint density at radius 2 is 2.19 bits per heavy atom. The molecule has 0 aromatic carbocycles. The summed E-state index contributed by atoms with van der Waals surface area (Å²) in [5.41, 5.74) is 6.38. The highest BCUT2D eigenvalue weighted by Crippen LogP contribution is 2.07. The van der Waals surface area contributed by atoms with Gasteiger partial charge in [0.1, 0.15) is 4.90 Å². The maximum atomic E-state index is 12.1. The fourth-order valence-electron chi connectivity index (χ4n) is 1.90. The van der Waals surface area contributed by atoms with E-state index in [1.807, 2.05) is 13.1 Å². The Kier molecular flexibility index (Phi) is 5.10. The molecular formula is C12H20N6O2S. The smallest absolute Gasteiger partial charge is 0.243 e. The highest BCUT2D eigenvalue weighted by atomic mass is 32.2. The summed E-state index contributed by atoms with van der Waals surface area (Å²) in [7, 11) is -1.70. The van der Waals surface area contributed by atoms with E-state index in [1.165, 1.54) is 12.4 Å². The molecule has 0 radical (unpaired) electrons. The lowest BCUT2D eigenvalue weighted by Gasteiger charge is -2.05. The van der Waals surface area contributed by atoms with E-state index in [2.05, 4.69) is 14.9 Å². The number of nitrogens with two attached hydrogens (primary N) is 1. The Morgan fingerprint density at radius 1 is 1.38 bits per heavy atom. The summed E-state index contributed by atoms with van der Waals surface area (Å²) in [6.07, 6.45) is 5.89. The van der Waals surface area contributed by atoms with E-state index in [9.17, 15) is 8.42 Å². The minimum atomic E-state index is -3.52. The standard InChI is InChI=1S/C12H20N6O2S/c1-17-11(3-6-14-17)4-7-16-21(19,20)12-9-15-18(10-12)8-2-5-13/h3,6,9-10,16H,2,4-5,7-8,13H2,1H3. The van der Waals surface area contributed by atoms with Gasteiger partial charge in [-0.05, 0) is 19.0 Å². The Morgan fingerprint density at radius 3 is 2.86 bits per heavy atom. The van der Waals surface area contributed by atoms with Crippen LogP contribution in [0.2, 0.25) is 0 Å². The lowest BCUT2D eigenvalue weighted by atomic mass is 10.3. The Labute approximate surface area is 124 Å². The maximum Gasteiger partial charge on any atom is 0.243 e. The van der Waals surface area contributed by atoms with Crippen molar-refractivity contribution in [1.29, 1.82) is 0 Å². The first-order valence-corrected chi connectivity index (χ1v) is 8.20. The third-order valence-electron chi connectivity index (χ3n) is 3.11. The van der Waals surface area contributed by atoms with Crippen molar-refractivity contribution in [2.24, 2.45) is 12.8 Å². The molecule has 0 atom stereocenters. The van der Waals surface area contributed by atoms with Gasteiger partial charge < -0.3 is 5.73 Å². The number of rotatable bonds is 8. The van der Waals surface area contributed by atoms with E-state index < -0.39 is 10.0 Å². The van der Waals surface area contributed by atoms with Gasteiger partial charge in [0, 0.05) is 44.6 Å². The van der Waals surface area contributed by atoms with Crippen molar-refractivity contribution >= 4 is 10.0 Å². The largest absolute Gasteiger partial charge is 0.330 e. The normalized spacial score (nSPS) is 11.9. The van der Waals surface area contributed by atoms with Gasteiger partial charge in [-0.3, -0.25) is 9.36 Å². The summed E-state index contributed by atoms with van der Waals surface area (Å²) in [4.78, 5) is 0.171. The molecule has 0 amide bonds. The monoisotopic (exact) mass is 312 g/mol. The molecule has 2 rings (SSSR count). The van der Waals surface area contributed by atoms with Crippen LogP contribution >= 0.6 is 0 Å². The van der Waals surface area contributed by atoms with Crippen LogP contribution < -0.4 is 10.5 Å². The van der Waals surface area contributed by atoms with E-state index in [4.69, 9.17) is 5.73 Å². The summed E-state index contributed by atoms with van der Waals surface area (Å²) < 4.78 is 30.1. The highest BCUT2D eigenvalue weighted by molar-refractivity contribution is 7.89. The molecule has 0 saturated carbocycles. The summed E-state index contributed by atoms with van der Waals surface area (Å²) in [6, 6.07) is 1.86. The molecule has 2 heterocycles. The number of aryl methyl sites for hydroxylation is 2. The minimum absolute atomic E-state index is 0.171. The van der Waals surface area contributed by atoms with Crippen LogP contribution in [-0.4, -0.2) is 41.1 Å². The lowest BCUT2D eigenvalue weighted by molar-refractivity contribution is 0.575. The lowest BCUT2D eigenvalue weighted by Crippen LogP contribution is -2.26. The van der Waals surface area contributed by atoms with E-state index in [0.29, 0.717) is 26.1 Å². The SMILES string of the molecule is Cn1nccc1CCNS(=O)(=O)c1cnn(CCCN)c1. The van der Waals surface area contributed by atoms with Crippen LogP contribution in [0.15, 0.2) is 29.6 Å². The number of aromatic nitrogens is 4. The fourth-order valence-corrected chi connectivity index (χ4v) is 2.89. The summed E-state index contributed by atoms with van der Waals surface area (Å²) in [6.45, 7) is 1.47. The molecule has 0 saturated heterocycles. The average Bonchev–Trinajstić information content (AvgIpc) is 3.06. The van der Waals surface area contributed by atoms with Crippen LogP contribution in [0.4, 0.5) is 0 Å². The molecule has 8 nitrogen and oxygen atoms in total. The molecule has 3 N–H and O–H groups in total.